The number of benzene rings is 4. The van der Waals surface area contributed by atoms with Crippen molar-refractivity contribution in [3.8, 4) is 11.5 Å². The first-order valence-corrected chi connectivity index (χ1v) is 22.5. The number of hydrogen-bond donors (Lipinski definition) is 1. The maximum absolute atomic E-state index is 12.0. The Morgan fingerprint density at radius 2 is 1.03 bits per heavy atom. The normalized spacial score (nSPS) is 15.6. The molecule has 2 saturated heterocycles. The Morgan fingerprint density at radius 1 is 0.586 bits per heavy atom. The highest BCUT2D eigenvalue weighted by Crippen LogP contribution is 2.29. The number of hydrogen-bond acceptors (Lipinski definition) is 7. The van der Waals surface area contributed by atoms with Gasteiger partial charge in [-0.2, -0.15) is 0 Å². The third-order valence-corrected chi connectivity index (χ3v) is 11.9. The number of esters is 1. The van der Waals surface area contributed by atoms with E-state index < -0.39 is 5.97 Å². The van der Waals surface area contributed by atoms with Crippen LogP contribution in [0.4, 0.5) is 0 Å². The van der Waals surface area contributed by atoms with Crippen molar-refractivity contribution in [2.45, 2.75) is 124 Å². The van der Waals surface area contributed by atoms with E-state index in [1.165, 1.54) is 84.0 Å². The molecule has 0 aromatic heterocycles. The molecular formula is C50H70N2O6. The minimum Gasteiger partial charge on any atom is -0.494 e. The third-order valence-electron chi connectivity index (χ3n) is 11.9. The molecule has 6 rings (SSSR count). The lowest BCUT2D eigenvalue weighted by Crippen LogP contribution is -2.36. The van der Waals surface area contributed by atoms with Crippen molar-refractivity contribution in [3.05, 3.63) is 83.9 Å². The van der Waals surface area contributed by atoms with Crippen LogP contribution in [0.15, 0.2) is 72.8 Å². The molecule has 0 spiro atoms. The highest BCUT2D eigenvalue weighted by molar-refractivity contribution is 5.88. The Morgan fingerprint density at radius 3 is 1.47 bits per heavy atom. The summed E-state index contributed by atoms with van der Waals surface area (Å²) in [5, 5.41) is 14.2. The van der Waals surface area contributed by atoms with Crippen molar-refractivity contribution in [1.82, 2.24) is 9.80 Å². The Kier molecular flexibility index (Phi) is 19.1. The van der Waals surface area contributed by atoms with Gasteiger partial charge in [-0.05, 0) is 129 Å². The summed E-state index contributed by atoms with van der Waals surface area (Å²) in [6.45, 7) is 13.7. The van der Waals surface area contributed by atoms with Gasteiger partial charge < -0.3 is 19.3 Å². The fraction of sp³-hybridized carbons (Fsp3) is 0.560. The van der Waals surface area contributed by atoms with Crippen LogP contribution in [-0.2, 0) is 27.4 Å². The number of rotatable bonds is 21. The van der Waals surface area contributed by atoms with Gasteiger partial charge in [0.05, 0.1) is 31.7 Å². The molecule has 0 bridgehead atoms. The van der Waals surface area contributed by atoms with E-state index in [1.54, 1.807) is 0 Å². The molecule has 2 heterocycles. The molecule has 58 heavy (non-hydrogen) atoms. The molecule has 8 heteroatoms. The largest absolute Gasteiger partial charge is 0.494 e. The van der Waals surface area contributed by atoms with Crippen LogP contribution in [0.2, 0.25) is 0 Å². The first-order valence-electron chi connectivity index (χ1n) is 22.5. The van der Waals surface area contributed by atoms with E-state index in [0.29, 0.717) is 6.61 Å². The van der Waals surface area contributed by atoms with Crippen LogP contribution in [0, 0.1) is 11.8 Å². The van der Waals surface area contributed by atoms with Crippen LogP contribution < -0.4 is 9.47 Å². The quantitative estimate of drug-likeness (QED) is 0.0659. The van der Waals surface area contributed by atoms with Crippen molar-refractivity contribution in [2.75, 3.05) is 46.0 Å². The summed E-state index contributed by atoms with van der Waals surface area (Å²) in [6, 6.07) is 25.8. The van der Waals surface area contributed by atoms with Gasteiger partial charge in [-0.1, -0.05) is 114 Å². The van der Waals surface area contributed by atoms with Gasteiger partial charge in [0.25, 0.3) is 0 Å². The molecule has 2 aliphatic rings. The van der Waals surface area contributed by atoms with Crippen LogP contribution in [0.25, 0.3) is 21.5 Å². The minimum absolute atomic E-state index is 0.0289. The van der Waals surface area contributed by atoms with E-state index in [-0.39, 0.29) is 17.8 Å². The molecule has 2 fully saturated rings. The second-order valence-corrected chi connectivity index (χ2v) is 16.3. The van der Waals surface area contributed by atoms with Gasteiger partial charge >= 0.3 is 11.9 Å². The number of aliphatic carboxylic acids is 1. The Hall–Kier alpha value is -4.14. The van der Waals surface area contributed by atoms with E-state index >= 15 is 0 Å². The van der Waals surface area contributed by atoms with Crippen molar-refractivity contribution < 1.29 is 28.9 Å². The number of nitrogens with zero attached hydrogens (tertiary/aromatic N) is 2. The lowest BCUT2D eigenvalue weighted by Gasteiger charge is -2.31. The van der Waals surface area contributed by atoms with E-state index in [4.69, 9.17) is 14.2 Å². The Bertz CT molecular complexity index is 1830. The summed E-state index contributed by atoms with van der Waals surface area (Å²) in [5.74, 6) is 1.11. The first kappa shape index (κ1) is 45.0. The molecule has 0 unspecified atom stereocenters. The predicted molar refractivity (Wildman–Crippen MR) is 237 cm³/mol. The average Bonchev–Trinajstić information content (AvgIpc) is 3.24. The van der Waals surface area contributed by atoms with E-state index in [2.05, 4.69) is 96.4 Å². The van der Waals surface area contributed by atoms with E-state index in [9.17, 15) is 14.7 Å². The molecule has 0 amide bonds. The maximum atomic E-state index is 12.0. The zero-order chi connectivity index (χ0) is 41.0. The molecule has 0 atom stereocenters. The molecule has 316 valence electrons. The highest BCUT2D eigenvalue weighted by Gasteiger charge is 2.27. The second kappa shape index (κ2) is 24.7. The zero-order valence-corrected chi connectivity index (χ0v) is 35.7. The number of likely N-dealkylation sites (tertiary alicyclic amines) is 2. The molecule has 0 aliphatic carbocycles. The van der Waals surface area contributed by atoms with Gasteiger partial charge in [0.15, 0.2) is 0 Å². The van der Waals surface area contributed by atoms with Crippen molar-refractivity contribution in [3.63, 3.8) is 0 Å². The molecular weight excluding hydrogens is 725 g/mol. The third kappa shape index (κ3) is 14.3. The highest BCUT2D eigenvalue weighted by atomic mass is 16.5. The molecule has 0 radical (unpaired) electrons. The van der Waals surface area contributed by atoms with Gasteiger partial charge in [-0.15, -0.1) is 0 Å². The number of unbranched alkanes of at least 4 members (excludes halogenated alkanes) is 8. The lowest BCUT2D eigenvalue weighted by atomic mass is 9.96. The number of fused-ring (bicyclic) bond motifs is 2. The SMILES string of the molecule is CCCCCCCOc1ccc2cccc(CN3CCC(C(=O)O)CC3)c2c1.CCCCCCCOc1ccc2cccc(CN3CCC(C(=O)OCC)CC3)c2c1. The first-order chi connectivity index (χ1) is 28.4. The average molecular weight is 795 g/mol. The number of ether oxygens (including phenoxy) is 3. The Labute approximate surface area is 348 Å². The van der Waals surface area contributed by atoms with Gasteiger partial charge in [-0.25, -0.2) is 0 Å². The monoisotopic (exact) mass is 795 g/mol. The number of carboxylic acid groups (broad SMARTS) is 1. The molecule has 4 aromatic rings. The summed E-state index contributed by atoms with van der Waals surface area (Å²) in [7, 11) is 0. The van der Waals surface area contributed by atoms with E-state index in [0.717, 1.165) is 103 Å². The van der Waals surface area contributed by atoms with Gasteiger partial charge in [0.2, 0.25) is 0 Å². The summed E-state index contributed by atoms with van der Waals surface area (Å²) in [5.41, 5.74) is 2.62. The molecule has 2 aliphatic heterocycles. The summed E-state index contributed by atoms with van der Waals surface area (Å²) >= 11 is 0. The summed E-state index contributed by atoms with van der Waals surface area (Å²) < 4.78 is 17.2. The molecule has 4 aromatic carbocycles. The zero-order valence-electron chi connectivity index (χ0n) is 35.7. The van der Waals surface area contributed by atoms with Crippen LogP contribution >= 0.6 is 0 Å². The minimum atomic E-state index is -0.652. The lowest BCUT2D eigenvalue weighted by molar-refractivity contribution is -0.149. The van der Waals surface area contributed by atoms with Crippen LogP contribution in [0.5, 0.6) is 11.5 Å². The van der Waals surface area contributed by atoms with Gasteiger partial charge in [0.1, 0.15) is 11.5 Å². The van der Waals surface area contributed by atoms with Gasteiger partial charge in [-0.3, -0.25) is 19.4 Å². The molecule has 1 N–H and O–H groups in total. The standard InChI is InChI=1S/C26H37NO3.C24H33NO3/c1-3-5-6-7-8-18-30-24-13-12-21-10-9-11-23(25(21)19-24)20-27-16-14-22(15-17-27)26(28)29-4-2;1-2-3-4-5-6-16-28-22-11-10-19-8-7-9-21(23(19)17-22)18-25-14-12-20(13-15-25)24(26)27/h9-13,19,22H,3-8,14-18,20H2,1-2H3;7-11,17,20H,2-6,12-16,18H2,1H3,(H,26,27). The van der Waals surface area contributed by atoms with Crippen molar-refractivity contribution in [2.24, 2.45) is 11.8 Å². The van der Waals surface area contributed by atoms with Crippen LogP contribution in [0.3, 0.4) is 0 Å². The number of carboxylic acids is 1. The summed E-state index contributed by atoms with van der Waals surface area (Å²) in [4.78, 5) is 28.0. The van der Waals surface area contributed by atoms with Crippen molar-refractivity contribution >= 4 is 33.5 Å². The van der Waals surface area contributed by atoms with Crippen LogP contribution in [-0.4, -0.2) is 72.8 Å². The molecule has 0 saturated carbocycles. The smallest absolute Gasteiger partial charge is 0.309 e. The fourth-order valence-corrected chi connectivity index (χ4v) is 8.29. The maximum Gasteiger partial charge on any atom is 0.309 e. The topological polar surface area (TPSA) is 88.5 Å². The fourth-order valence-electron chi connectivity index (χ4n) is 8.29. The van der Waals surface area contributed by atoms with Crippen LogP contribution in [0.1, 0.15) is 122 Å². The van der Waals surface area contributed by atoms with Gasteiger partial charge in [0, 0.05) is 13.1 Å². The number of carbonyl (C=O) groups excluding carboxylic acids is 1. The Balaban J connectivity index is 0.000000221. The van der Waals surface area contributed by atoms with Crippen molar-refractivity contribution in [1.29, 1.82) is 0 Å². The van der Waals surface area contributed by atoms with E-state index in [1.807, 2.05) is 6.92 Å². The number of piperidine rings is 2. The second-order valence-electron chi connectivity index (χ2n) is 16.3. The predicted octanol–water partition coefficient (Wildman–Crippen LogP) is 11.4. The number of carbonyl (C=O) groups is 2. The summed E-state index contributed by atoms with van der Waals surface area (Å²) in [6.07, 6.45) is 15.7. The molecule has 8 nitrogen and oxygen atoms in total.